The lowest BCUT2D eigenvalue weighted by Crippen LogP contribution is -2.23. The summed E-state index contributed by atoms with van der Waals surface area (Å²) in [5.74, 6) is 0.0255. The summed E-state index contributed by atoms with van der Waals surface area (Å²) in [5.41, 5.74) is 6.66. The van der Waals surface area contributed by atoms with Gasteiger partial charge >= 0.3 is 0 Å². The van der Waals surface area contributed by atoms with Crippen molar-refractivity contribution in [3.8, 4) is 0 Å². The molecule has 2 atom stereocenters. The molecule has 3 N–H and O–H groups in total. The van der Waals surface area contributed by atoms with Crippen molar-refractivity contribution in [2.24, 2.45) is 5.73 Å². The molecule has 0 fully saturated rings. The molecule has 1 aromatic rings. The number of hydrogen-bond acceptors (Lipinski definition) is 2. The van der Waals surface area contributed by atoms with Crippen LogP contribution in [0.2, 0.25) is 0 Å². The van der Waals surface area contributed by atoms with Crippen molar-refractivity contribution in [1.29, 1.82) is 0 Å². The molecule has 0 aliphatic rings. The van der Waals surface area contributed by atoms with Gasteiger partial charge in [-0.3, -0.25) is 0 Å². The standard InChI is InChI=1S/C10H14BrNO/c1-7(13)10(6-12)8-3-2-4-9(11)5-8/h2-5,7,10,13H,6,12H2,1H3. The number of hydrogen-bond donors (Lipinski definition) is 2. The van der Waals surface area contributed by atoms with Crippen molar-refractivity contribution in [2.45, 2.75) is 18.9 Å². The van der Waals surface area contributed by atoms with Crippen molar-refractivity contribution in [2.75, 3.05) is 6.54 Å². The van der Waals surface area contributed by atoms with Crippen LogP contribution in [0.3, 0.4) is 0 Å². The summed E-state index contributed by atoms with van der Waals surface area (Å²) in [4.78, 5) is 0. The van der Waals surface area contributed by atoms with E-state index in [-0.39, 0.29) is 5.92 Å². The lowest BCUT2D eigenvalue weighted by molar-refractivity contribution is 0.164. The molecular formula is C10H14BrNO. The molecular weight excluding hydrogens is 230 g/mol. The lowest BCUT2D eigenvalue weighted by Gasteiger charge is -2.18. The quantitative estimate of drug-likeness (QED) is 0.852. The maximum absolute atomic E-state index is 9.46. The van der Waals surface area contributed by atoms with E-state index in [2.05, 4.69) is 15.9 Å². The number of rotatable bonds is 3. The zero-order chi connectivity index (χ0) is 9.84. The molecule has 1 aromatic carbocycles. The normalized spacial score (nSPS) is 15.4. The second kappa shape index (κ2) is 4.74. The third-order valence-corrected chi connectivity index (χ3v) is 2.61. The molecule has 0 heterocycles. The summed E-state index contributed by atoms with van der Waals surface area (Å²) in [6.07, 6.45) is -0.403. The Morgan fingerprint density at radius 1 is 1.54 bits per heavy atom. The van der Waals surface area contributed by atoms with Gasteiger partial charge in [0.05, 0.1) is 6.10 Å². The van der Waals surface area contributed by atoms with Gasteiger partial charge in [0, 0.05) is 16.9 Å². The maximum Gasteiger partial charge on any atom is 0.0592 e. The van der Waals surface area contributed by atoms with Crippen LogP contribution in [0, 0.1) is 0 Å². The zero-order valence-electron chi connectivity index (χ0n) is 7.57. The van der Waals surface area contributed by atoms with E-state index in [1.54, 1.807) is 6.92 Å². The summed E-state index contributed by atoms with van der Waals surface area (Å²) in [5, 5.41) is 9.46. The summed E-state index contributed by atoms with van der Waals surface area (Å²) in [6.45, 7) is 2.23. The van der Waals surface area contributed by atoms with Gasteiger partial charge < -0.3 is 10.8 Å². The average Bonchev–Trinajstić information content (AvgIpc) is 2.04. The predicted octanol–water partition coefficient (Wildman–Crippen LogP) is 1.87. The van der Waals surface area contributed by atoms with Crippen LogP contribution in [0.25, 0.3) is 0 Å². The fourth-order valence-corrected chi connectivity index (χ4v) is 1.77. The highest BCUT2D eigenvalue weighted by Crippen LogP contribution is 2.21. The average molecular weight is 244 g/mol. The first-order chi connectivity index (χ1) is 6.15. The molecule has 0 radical (unpaired) electrons. The third-order valence-electron chi connectivity index (χ3n) is 2.11. The first-order valence-corrected chi connectivity index (χ1v) is 5.08. The summed E-state index contributed by atoms with van der Waals surface area (Å²) in [6, 6.07) is 7.88. The van der Waals surface area contributed by atoms with Crippen LogP contribution in [0.5, 0.6) is 0 Å². The van der Waals surface area contributed by atoms with Gasteiger partial charge in [-0.2, -0.15) is 0 Å². The lowest BCUT2D eigenvalue weighted by atomic mass is 9.95. The molecule has 13 heavy (non-hydrogen) atoms. The molecule has 0 bridgehead atoms. The molecule has 0 amide bonds. The van der Waals surface area contributed by atoms with Crippen molar-refractivity contribution in [3.63, 3.8) is 0 Å². The highest BCUT2D eigenvalue weighted by atomic mass is 79.9. The highest BCUT2D eigenvalue weighted by Gasteiger charge is 2.15. The molecule has 2 nitrogen and oxygen atoms in total. The Hall–Kier alpha value is -0.380. The molecule has 3 heteroatoms. The Morgan fingerprint density at radius 2 is 2.23 bits per heavy atom. The Labute approximate surface area is 86.9 Å². The van der Waals surface area contributed by atoms with E-state index >= 15 is 0 Å². The van der Waals surface area contributed by atoms with Crippen molar-refractivity contribution in [3.05, 3.63) is 34.3 Å². The van der Waals surface area contributed by atoms with Crippen LogP contribution in [0.1, 0.15) is 18.4 Å². The predicted molar refractivity (Wildman–Crippen MR) is 57.6 cm³/mol. The SMILES string of the molecule is CC(O)C(CN)c1cccc(Br)c1. The Kier molecular flexibility index (Phi) is 3.90. The first-order valence-electron chi connectivity index (χ1n) is 4.28. The third kappa shape index (κ3) is 2.79. The van der Waals surface area contributed by atoms with Gasteiger partial charge in [0.2, 0.25) is 0 Å². The number of aliphatic hydroxyl groups excluding tert-OH is 1. The van der Waals surface area contributed by atoms with Gasteiger partial charge in [-0.05, 0) is 24.6 Å². The second-order valence-corrected chi connectivity index (χ2v) is 4.05. The summed E-state index contributed by atoms with van der Waals surface area (Å²) in [7, 11) is 0. The highest BCUT2D eigenvalue weighted by molar-refractivity contribution is 9.10. The Balaban J connectivity index is 2.91. The summed E-state index contributed by atoms with van der Waals surface area (Å²) >= 11 is 3.39. The van der Waals surface area contributed by atoms with E-state index in [4.69, 9.17) is 5.73 Å². The minimum absolute atomic E-state index is 0.0255. The molecule has 0 saturated carbocycles. The molecule has 0 aromatic heterocycles. The van der Waals surface area contributed by atoms with Crippen LogP contribution in [0.15, 0.2) is 28.7 Å². The number of nitrogens with two attached hydrogens (primary N) is 1. The van der Waals surface area contributed by atoms with Crippen LogP contribution < -0.4 is 5.73 Å². The Morgan fingerprint density at radius 3 is 2.69 bits per heavy atom. The first kappa shape index (κ1) is 10.7. The Bertz CT molecular complexity index is 275. The van der Waals surface area contributed by atoms with Crippen molar-refractivity contribution in [1.82, 2.24) is 0 Å². The minimum atomic E-state index is -0.403. The monoisotopic (exact) mass is 243 g/mol. The van der Waals surface area contributed by atoms with Crippen LogP contribution in [0.4, 0.5) is 0 Å². The molecule has 0 spiro atoms. The maximum atomic E-state index is 9.46. The summed E-state index contributed by atoms with van der Waals surface area (Å²) < 4.78 is 1.02. The van der Waals surface area contributed by atoms with Gasteiger partial charge in [0.1, 0.15) is 0 Å². The van der Waals surface area contributed by atoms with Gasteiger partial charge in [-0.25, -0.2) is 0 Å². The van der Waals surface area contributed by atoms with Crippen LogP contribution in [-0.2, 0) is 0 Å². The molecule has 0 aliphatic heterocycles. The fourth-order valence-electron chi connectivity index (χ4n) is 1.35. The van der Waals surface area contributed by atoms with Crippen molar-refractivity contribution >= 4 is 15.9 Å². The molecule has 0 saturated heterocycles. The number of benzene rings is 1. The second-order valence-electron chi connectivity index (χ2n) is 3.14. The molecule has 72 valence electrons. The van der Waals surface area contributed by atoms with E-state index in [0.717, 1.165) is 10.0 Å². The van der Waals surface area contributed by atoms with E-state index in [9.17, 15) is 5.11 Å². The van der Waals surface area contributed by atoms with Gasteiger partial charge in [-0.1, -0.05) is 28.1 Å². The van der Waals surface area contributed by atoms with Crippen LogP contribution in [-0.4, -0.2) is 17.8 Å². The van der Waals surface area contributed by atoms with E-state index in [0.29, 0.717) is 6.54 Å². The molecule has 2 unspecified atom stereocenters. The van der Waals surface area contributed by atoms with E-state index in [1.165, 1.54) is 0 Å². The zero-order valence-corrected chi connectivity index (χ0v) is 9.16. The van der Waals surface area contributed by atoms with Gasteiger partial charge in [0.25, 0.3) is 0 Å². The van der Waals surface area contributed by atoms with E-state index < -0.39 is 6.10 Å². The molecule has 1 rings (SSSR count). The largest absolute Gasteiger partial charge is 0.393 e. The number of halogens is 1. The van der Waals surface area contributed by atoms with E-state index in [1.807, 2.05) is 24.3 Å². The van der Waals surface area contributed by atoms with Crippen molar-refractivity contribution < 1.29 is 5.11 Å². The fraction of sp³-hybridized carbons (Fsp3) is 0.400. The van der Waals surface area contributed by atoms with Crippen LogP contribution >= 0.6 is 15.9 Å². The topological polar surface area (TPSA) is 46.2 Å². The molecule has 0 aliphatic carbocycles. The van der Waals surface area contributed by atoms with Gasteiger partial charge in [0.15, 0.2) is 0 Å². The minimum Gasteiger partial charge on any atom is -0.393 e. The number of aliphatic hydroxyl groups is 1. The smallest absolute Gasteiger partial charge is 0.0592 e. The van der Waals surface area contributed by atoms with Gasteiger partial charge in [-0.15, -0.1) is 0 Å².